The topological polar surface area (TPSA) is 55.3 Å². The van der Waals surface area contributed by atoms with E-state index in [0.29, 0.717) is 4.88 Å². The number of carbonyl (C=O) groups excluding carboxylic acids is 1. The largest absolute Gasteiger partial charge is 0.458 e. The van der Waals surface area contributed by atoms with E-state index in [1.807, 2.05) is 6.92 Å². The lowest BCUT2D eigenvalue weighted by atomic mass is 9.98. The second-order valence-electron chi connectivity index (χ2n) is 6.91. The summed E-state index contributed by atoms with van der Waals surface area (Å²) in [6.45, 7) is 3.91. The highest BCUT2D eigenvalue weighted by Gasteiger charge is 2.27. The maximum atomic E-state index is 12.7. The summed E-state index contributed by atoms with van der Waals surface area (Å²) in [6, 6.07) is 0. The van der Waals surface area contributed by atoms with Crippen LogP contribution in [-0.2, 0) is 4.74 Å². The molecular weight excluding hydrogens is 358 g/mol. The molecule has 134 valence electrons. The van der Waals surface area contributed by atoms with E-state index in [0.717, 1.165) is 73.2 Å². The van der Waals surface area contributed by atoms with Gasteiger partial charge in [-0.05, 0) is 62.6 Å². The lowest BCUT2D eigenvalue weighted by molar-refractivity contribution is 0.0216. The Morgan fingerprint density at radius 3 is 2.60 bits per heavy atom. The van der Waals surface area contributed by atoms with Gasteiger partial charge in [0.05, 0.1) is 5.39 Å². The SMILES string of the molecule is Cc1c(C(=O)OC2CCCCC2)sc2nc(Cl)nc(N3CCCC3)c12. The van der Waals surface area contributed by atoms with Gasteiger partial charge in [-0.2, -0.15) is 4.98 Å². The summed E-state index contributed by atoms with van der Waals surface area (Å²) in [5.74, 6) is 0.633. The first-order chi connectivity index (χ1) is 12.1. The number of hydrogen-bond donors (Lipinski definition) is 0. The standard InChI is InChI=1S/C18H22ClN3O2S/c1-11-13-15(22-9-5-6-10-22)20-18(19)21-16(13)25-14(11)17(23)24-12-7-3-2-4-8-12/h12H,2-10H2,1H3. The van der Waals surface area contributed by atoms with E-state index in [4.69, 9.17) is 16.3 Å². The smallest absolute Gasteiger partial charge is 0.348 e. The van der Waals surface area contributed by atoms with Crippen molar-refractivity contribution in [1.29, 1.82) is 0 Å². The van der Waals surface area contributed by atoms with Crippen molar-refractivity contribution >= 4 is 44.9 Å². The molecule has 0 radical (unpaired) electrons. The number of rotatable bonds is 3. The number of aryl methyl sites for hydroxylation is 1. The maximum Gasteiger partial charge on any atom is 0.348 e. The van der Waals surface area contributed by atoms with Crippen LogP contribution in [-0.4, -0.2) is 35.1 Å². The van der Waals surface area contributed by atoms with Gasteiger partial charge in [0.1, 0.15) is 21.6 Å². The predicted octanol–water partition coefficient (Wildman–Crippen LogP) is 4.74. The number of esters is 1. The number of ether oxygens (including phenoxy) is 1. The van der Waals surface area contributed by atoms with Gasteiger partial charge in [-0.15, -0.1) is 11.3 Å². The first-order valence-electron chi connectivity index (χ1n) is 9.06. The average Bonchev–Trinajstić information content (AvgIpc) is 3.23. The van der Waals surface area contributed by atoms with Crippen LogP contribution in [0.1, 0.15) is 60.2 Å². The molecule has 2 aromatic heterocycles. The van der Waals surface area contributed by atoms with Crippen molar-refractivity contribution in [3.63, 3.8) is 0 Å². The molecule has 0 amide bonds. The summed E-state index contributed by atoms with van der Waals surface area (Å²) in [5.41, 5.74) is 0.916. The number of carbonyl (C=O) groups is 1. The highest BCUT2D eigenvalue weighted by molar-refractivity contribution is 7.20. The number of hydrogen-bond acceptors (Lipinski definition) is 6. The zero-order valence-electron chi connectivity index (χ0n) is 14.4. The normalized spacial score (nSPS) is 18.9. The zero-order valence-corrected chi connectivity index (χ0v) is 16.0. The molecule has 5 nitrogen and oxygen atoms in total. The molecule has 2 aromatic rings. The summed E-state index contributed by atoms with van der Waals surface area (Å²) in [6.07, 6.45) is 7.83. The number of thiophene rings is 1. The van der Waals surface area contributed by atoms with Crippen LogP contribution in [0.25, 0.3) is 10.2 Å². The van der Waals surface area contributed by atoms with Crippen LogP contribution >= 0.6 is 22.9 Å². The molecule has 7 heteroatoms. The van der Waals surface area contributed by atoms with Crippen molar-refractivity contribution in [2.75, 3.05) is 18.0 Å². The average molecular weight is 380 g/mol. The Balaban J connectivity index is 1.69. The number of anilines is 1. The molecule has 25 heavy (non-hydrogen) atoms. The third-order valence-corrected chi connectivity index (χ3v) is 6.50. The van der Waals surface area contributed by atoms with Crippen LogP contribution in [0.5, 0.6) is 0 Å². The first kappa shape index (κ1) is 17.0. The summed E-state index contributed by atoms with van der Waals surface area (Å²) in [4.78, 5) is 25.2. The molecule has 1 saturated carbocycles. The van der Waals surface area contributed by atoms with E-state index in [-0.39, 0.29) is 17.4 Å². The van der Waals surface area contributed by atoms with Gasteiger partial charge in [-0.1, -0.05) is 6.42 Å². The van der Waals surface area contributed by atoms with Crippen molar-refractivity contribution in [3.8, 4) is 0 Å². The molecule has 3 heterocycles. The van der Waals surface area contributed by atoms with Crippen LogP contribution < -0.4 is 4.90 Å². The van der Waals surface area contributed by atoms with Crippen LogP contribution in [0, 0.1) is 6.92 Å². The molecule has 0 spiro atoms. The zero-order chi connectivity index (χ0) is 17.4. The van der Waals surface area contributed by atoms with Crippen LogP contribution in [0.3, 0.4) is 0 Å². The van der Waals surface area contributed by atoms with Crippen LogP contribution in [0.4, 0.5) is 5.82 Å². The Morgan fingerprint density at radius 2 is 1.88 bits per heavy atom. The van der Waals surface area contributed by atoms with Gasteiger partial charge in [0.15, 0.2) is 0 Å². The molecule has 1 aliphatic carbocycles. The lowest BCUT2D eigenvalue weighted by Crippen LogP contribution is -2.21. The number of halogens is 1. The summed E-state index contributed by atoms with van der Waals surface area (Å²) >= 11 is 7.51. The fourth-order valence-electron chi connectivity index (χ4n) is 3.83. The first-order valence-corrected chi connectivity index (χ1v) is 10.3. The molecule has 2 aliphatic rings. The van der Waals surface area contributed by atoms with Crippen LogP contribution in [0.15, 0.2) is 0 Å². The van der Waals surface area contributed by atoms with Crippen molar-refractivity contribution < 1.29 is 9.53 Å². The Morgan fingerprint density at radius 1 is 1.16 bits per heavy atom. The van der Waals surface area contributed by atoms with Gasteiger partial charge in [0.2, 0.25) is 5.28 Å². The van der Waals surface area contributed by atoms with E-state index in [2.05, 4.69) is 14.9 Å². The second-order valence-corrected chi connectivity index (χ2v) is 8.25. The third-order valence-electron chi connectivity index (χ3n) is 5.16. The Hall–Kier alpha value is -1.40. The van der Waals surface area contributed by atoms with Gasteiger partial charge in [-0.3, -0.25) is 0 Å². The van der Waals surface area contributed by atoms with E-state index in [9.17, 15) is 4.79 Å². The molecular formula is C18H22ClN3O2S. The predicted molar refractivity (Wildman–Crippen MR) is 101 cm³/mol. The molecule has 4 rings (SSSR count). The van der Waals surface area contributed by atoms with Crippen molar-refractivity contribution in [3.05, 3.63) is 15.7 Å². The molecule has 0 N–H and O–H groups in total. The van der Waals surface area contributed by atoms with Crippen molar-refractivity contribution in [2.45, 2.75) is 58.0 Å². The van der Waals surface area contributed by atoms with Crippen molar-refractivity contribution in [2.24, 2.45) is 0 Å². The Bertz CT molecular complexity index is 795. The molecule has 0 atom stereocenters. The monoisotopic (exact) mass is 379 g/mol. The van der Waals surface area contributed by atoms with Gasteiger partial charge < -0.3 is 9.64 Å². The fourth-order valence-corrected chi connectivity index (χ4v) is 5.11. The fraction of sp³-hybridized carbons (Fsp3) is 0.611. The molecule has 1 aliphatic heterocycles. The Kier molecular flexibility index (Phi) is 4.82. The van der Waals surface area contributed by atoms with E-state index in [1.165, 1.54) is 17.8 Å². The minimum absolute atomic E-state index is 0.0542. The molecule has 2 fully saturated rings. The maximum absolute atomic E-state index is 12.7. The third kappa shape index (κ3) is 3.34. The molecule has 0 aromatic carbocycles. The second kappa shape index (κ2) is 7.08. The minimum Gasteiger partial charge on any atom is -0.458 e. The van der Waals surface area contributed by atoms with Gasteiger partial charge in [0, 0.05) is 13.1 Å². The molecule has 0 bridgehead atoms. The van der Waals surface area contributed by atoms with Gasteiger partial charge >= 0.3 is 5.97 Å². The highest BCUT2D eigenvalue weighted by Crippen LogP contribution is 2.38. The Labute approximate surface area is 156 Å². The summed E-state index contributed by atoms with van der Waals surface area (Å²) in [5, 5.41) is 1.19. The summed E-state index contributed by atoms with van der Waals surface area (Å²) in [7, 11) is 0. The quantitative estimate of drug-likeness (QED) is 0.569. The molecule has 0 unspecified atom stereocenters. The van der Waals surface area contributed by atoms with E-state index >= 15 is 0 Å². The van der Waals surface area contributed by atoms with Gasteiger partial charge in [0.25, 0.3) is 0 Å². The van der Waals surface area contributed by atoms with Crippen LogP contribution in [0.2, 0.25) is 5.28 Å². The number of nitrogens with zero attached hydrogens (tertiary/aromatic N) is 3. The lowest BCUT2D eigenvalue weighted by Gasteiger charge is -2.21. The number of fused-ring (bicyclic) bond motifs is 1. The van der Waals surface area contributed by atoms with Gasteiger partial charge in [-0.25, -0.2) is 9.78 Å². The molecule has 1 saturated heterocycles. The van der Waals surface area contributed by atoms with Crippen molar-refractivity contribution in [1.82, 2.24) is 9.97 Å². The summed E-state index contributed by atoms with van der Waals surface area (Å²) < 4.78 is 5.76. The van der Waals surface area contributed by atoms with E-state index < -0.39 is 0 Å². The van der Waals surface area contributed by atoms with E-state index in [1.54, 1.807) is 0 Å². The number of aromatic nitrogens is 2. The minimum atomic E-state index is -0.226. The highest BCUT2D eigenvalue weighted by atomic mass is 35.5.